The van der Waals surface area contributed by atoms with Gasteiger partial charge in [0.15, 0.2) is 0 Å². The normalized spacial score (nSPS) is 21.2. The van der Waals surface area contributed by atoms with Gasteiger partial charge in [0.05, 0.1) is 13.2 Å². The lowest BCUT2D eigenvalue weighted by Gasteiger charge is -2.40. The first kappa shape index (κ1) is 11.4. The van der Waals surface area contributed by atoms with Crippen molar-refractivity contribution in [2.75, 3.05) is 37.4 Å². The van der Waals surface area contributed by atoms with E-state index >= 15 is 0 Å². The molecule has 2 heterocycles. The SMILES string of the molecule is NCC1(Cc2ccc3c(c2)NCCS3)COC1. The summed E-state index contributed by atoms with van der Waals surface area (Å²) in [6, 6.07) is 6.73. The fourth-order valence-corrected chi connectivity index (χ4v) is 3.29. The van der Waals surface area contributed by atoms with Gasteiger partial charge in [-0.2, -0.15) is 0 Å². The number of hydrogen-bond acceptors (Lipinski definition) is 4. The van der Waals surface area contributed by atoms with Crippen LogP contribution in [0.4, 0.5) is 5.69 Å². The second-order valence-electron chi connectivity index (χ2n) is 4.98. The average molecular weight is 250 g/mol. The minimum absolute atomic E-state index is 0.191. The highest BCUT2D eigenvalue weighted by atomic mass is 32.2. The highest BCUT2D eigenvalue weighted by Crippen LogP contribution is 2.35. The fraction of sp³-hybridized carbons (Fsp3) is 0.538. The Hall–Kier alpha value is -0.710. The zero-order chi connectivity index (χ0) is 11.7. The highest BCUT2D eigenvalue weighted by molar-refractivity contribution is 7.99. The molecular weight excluding hydrogens is 232 g/mol. The van der Waals surface area contributed by atoms with Crippen LogP contribution < -0.4 is 11.1 Å². The molecular formula is C13H18N2OS. The molecule has 3 nitrogen and oxygen atoms in total. The summed E-state index contributed by atoms with van der Waals surface area (Å²) in [7, 11) is 0. The molecule has 92 valence electrons. The van der Waals surface area contributed by atoms with E-state index in [-0.39, 0.29) is 5.41 Å². The minimum atomic E-state index is 0.191. The van der Waals surface area contributed by atoms with Crippen LogP contribution in [-0.4, -0.2) is 32.1 Å². The first-order valence-electron chi connectivity index (χ1n) is 6.09. The first-order valence-corrected chi connectivity index (χ1v) is 7.07. The number of nitrogens with two attached hydrogens (primary N) is 1. The van der Waals surface area contributed by atoms with Crippen molar-refractivity contribution in [3.05, 3.63) is 23.8 Å². The Balaban J connectivity index is 1.79. The van der Waals surface area contributed by atoms with E-state index in [1.807, 2.05) is 11.8 Å². The summed E-state index contributed by atoms with van der Waals surface area (Å²) >= 11 is 1.93. The van der Waals surface area contributed by atoms with Crippen LogP contribution >= 0.6 is 11.8 Å². The van der Waals surface area contributed by atoms with Gasteiger partial charge in [-0.25, -0.2) is 0 Å². The molecule has 0 saturated carbocycles. The molecule has 17 heavy (non-hydrogen) atoms. The molecule has 2 aliphatic rings. The molecule has 0 bridgehead atoms. The molecule has 0 atom stereocenters. The van der Waals surface area contributed by atoms with Crippen LogP contribution in [0.25, 0.3) is 0 Å². The third-order valence-electron chi connectivity index (χ3n) is 3.55. The summed E-state index contributed by atoms with van der Waals surface area (Å²) in [4.78, 5) is 1.37. The third-order valence-corrected chi connectivity index (χ3v) is 4.62. The molecule has 2 aliphatic heterocycles. The summed E-state index contributed by atoms with van der Waals surface area (Å²) in [6.07, 6.45) is 1.03. The second kappa shape index (κ2) is 4.52. The van der Waals surface area contributed by atoms with E-state index in [0.29, 0.717) is 6.54 Å². The monoisotopic (exact) mass is 250 g/mol. The summed E-state index contributed by atoms with van der Waals surface area (Å²) in [5.74, 6) is 1.16. The molecule has 0 radical (unpaired) electrons. The molecule has 3 N–H and O–H groups in total. The van der Waals surface area contributed by atoms with Crippen molar-refractivity contribution in [3.63, 3.8) is 0 Å². The fourth-order valence-electron chi connectivity index (χ4n) is 2.41. The molecule has 0 amide bonds. The quantitative estimate of drug-likeness (QED) is 0.857. The van der Waals surface area contributed by atoms with Crippen molar-refractivity contribution in [3.8, 4) is 0 Å². The van der Waals surface area contributed by atoms with Crippen LogP contribution in [0.2, 0.25) is 0 Å². The minimum Gasteiger partial charge on any atom is -0.383 e. The molecule has 1 fully saturated rings. The van der Waals surface area contributed by atoms with Crippen LogP contribution in [0.5, 0.6) is 0 Å². The number of rotatable bonds is 3. The van der Waals surface area contributed by atoms with E-state index in [0.717, 1.165) is 31.9 Å². The molecule has 4 heteroatoms. The topological polar surface area (TPSA) is 47.3 Å². The van der Waals surface area contributed by atoms with Crippen molar-refractivity contribution in [1.29, 1.82) is 0 Å². The third kappa shape index (κ3) is 2.17. The number of ether oxygens (including phenoxy) is 1. The molecule has 0 aromatic heterocycles. The maximum atomic E-state index is 5.85. The van der Waals surface area contributed by atoms with Gasteiger partial charge in [0.25, 0.3) is 0 Å². The Bertz CT molecular complexity index is 412. The van der Waals surface area contributed by atoms with Crippen LogP contribution in [0.1, 0.15) is 5.56 Å². The van der Waals surface area contributed by atoms with Gasteiger partial charge in [-0.15, -0.1) is 11.8 Å². The summed E-state index contributed by atoms with van der Waals surface area (Å²) < 4.78 is 5.31. The van der Waals surface area contributed by atoms with Gasteiger partial charge in [-0.05, 0) is 24.1 Å². The summed E-state index contributed by atoms with van der Waals surface area (Å²) in [5, 5.41) is 3.46. The van der Waals surface area contributed by atoms with E-state index in [1.165, 1.54) is 16.1 Å². The van der Waals surface area contributed by atoms with E-state index in [2.05, 4.69) is 23.5 Å². The second-order valence-corrected chi connectivity index (χ2v) is 6.12. The number of hydrogen-bond donors (Lipinski definition) is 2. The molecule has 1 aromatic rings. The Morgan fingerprint density at radius 3 is 3.00 bits per heavy atom. The Morgan fingerprint density at radius 1 is 1.41 bits per heavy atom. The van der Waals surface area contributed by atoms with Crippen molar-refractivity contribution >= 4 is 17.4 Å². The molecule has 0 aliphatic carbocycles. The van der Waals surface area contributed by atoms with Crippen LogP contribution in [0, 0.1) is 5.41 Å². The van der Waals surface area contributed by atoms with Crippen molar-refractivity contribution < 1.29 is 4.74 Å². The van der Waals surface area contributed by atoms with Crippen LogP contribution in [-0.2, 0) is 11.2 Å². The maximum absolute atomic E-state index is 5.85. The van der Waals surface area contributed by atoms with Crippen molar-refractivity contribution in [2.24, 2.45) is 11.1 Å². The van der Waals surface area contributed by atoms with Crippen LogP contribution in [0.15, 0.2) is 23.1 Å². The highest BCUT2D eigenvalue weighted by Gasteiger charge is 2.37. The molecule has 0 unspecified atom stereocenters. The van der Waals surface area contributed by atoms with Gasteiger partial charge < -0.3 is 15.8 Å². The number of benzene rings is 1. The lowest BCUT2D eigenvalue weighted by atomic mass is 9.80. The standard InChI is InChI=1S/C13H18N2OS/c14-7-13(8-16-9-13)6-10-1-2-12-11(5-10)15-3-4-17-12/h1-2,5,15H,3-4,6-9,14H2. The zero-order valence-corrected chi connectivity index (χ0v) is 10.7. The van der Waals surface area contributed by atoms with E-state index in [9.17, 15) is 0 Å². The Kier molecular flexibility index (Phi) is 3.03. The van der Waals surface area contributed by atoms with E-state index in [4.69, 9.17) is 10.5 Å². The molecule has 3 rings (SSSR count). The number of nitrogens with one attached hydrogen (secondary N) is 1. The number of anilines is 1. The van der Waals surface area contributed by atoms with Gasteiger partial charge in [0.1, 0.15) is 0 Å². The molecule has 1 aromatic carbocycles. The summed E-state index contributed by atoms with van der Waals surface area (Å²) in [6.45, 7) is 3.39. The van der Waals surface area contributed by atoms with E-state index in [1.54, 1.807) is 0 Å². The van der Waals surface area contributed by atoms with Gasteiger partial charge in [-0.3, -0.25) is 0 Å². The summed E-state index contributed by atoms with van der Waals surface area (Å²) in [5.41, 5.74) is 8.70. The van der Waals surface area contributed by atoms with E-state index < -0.39 is 0 Å². The van der Waals surface area contributed by atoms with Gasteiger partial charge in [0, 0.05) is 34.8 Å². The molecule has 1 saturated heterocycles. The Labute approximate surface area is 106 Å². The van der Waals surface area contributed by atoms with Gasteiger partial charge in [0.2, 0.25) is 0 Å². The lowest BCUT2D eigenvalue weighted by molar-refractivity contribution is -0.106. The van der Waals surface area contributed by atoms with Crippen LogP contribution in [0.3, 0.4) is 0 Å². The number of thioether (sulfide) groups is 1. The molecule has 0 spiro atoms. The Morgan fingerprint density at radius 2 is 2.29 bits per heavy atom. The average Bonchev–Trinajstić information content (AvgIpc) is 2.34. The van der Waals surface area contributed by atoms with Gasteiger partial charge >= 0.3 is 0 Å². The maximum Gasteiger partial charge on any atom is 0.0560 e. The predicted octanol–water partition coefficient (Wildman–Crippen LogP) is 1.72. The largest absolute Gasteiger partial charge is 0.383 e. The number of fused-ring (bicyclic) bond motifs is 1. The van der Waals surface area contributed by atoms with Crippen molar-refractivity contribution in [2.45, 2.75) is 11.3 Å². The predicted molar refractivity (Wildman–Crippen MR) is 71.7 cm³/mol. The smallest absolute Gasteiger partial charge is 0.0560 e. The zero-order valence-electron chi connectivity index (χ0n) is 9.87. The van der Waals surface area contributed by atoms with Gasteiger partial charge in [-0.1, -0.05) is 6.07 Å². The first-order chi connectivity index (χ1) is 8.31. The van der Waals surface area contributed by atoms with Crippen molar-refractivity contribution in [1.82, 2.24) is 0 Å². The lowest BCUT2D eigenvalue weighted by Crippen LogP contribution is -2.49.